The summed E-state index contributed by atoms with van der Waals surface area (Å²) >= 11 is 1.39. The molecule has 1 aromatic heterocycles. The summed E-state index contributed by atoms with van der Waals surface area (Å²) in [6, 6.07) is 3.58. The summed E-state index contributed by atoms with van der Waals surface area (Å²) in [7, 11) is 0. The monoisotopic (exact) mass is 242 g/mol. The summed E-state index contributed by atoms with van der Waals surface area (Å²) < 4.78 is 0. The second-order valence-electron chi connectivity index (χ2n) is 3.54. The molecule has 0 aliphatic heterocycles. The van der Waals surface area contributed by atoms with E-state index in [0.29, 0.717) is 24.1 Å². The molecule has 5 heteroatoms. The average Bonchev–Trinajstić information content (AvgIpc) is 2.68. The fraction of sp³-hybridized carbons (Fsp3) is 0.455. The Morgan fingerprint density at radius 2 is 2.19 bits per heavy atom. The highest BCUT2D eigenvalue weighted by Crippen LogP contribution is 2.14. The van der Waals surface area contributed by atoms with E-state index < -0.39 is 12.1 Å². The molecule has 1 aromatic rings. The van der Waals surface area contributed by atoms with Gasteiger partial charge in [-0.15, -0.1) is 11.3 Å². The van der Waals surface area contributed by atoms with Gasteiger partial charge in [0.15, 0.2) is 5.78 Å². The van der Waals surface area contributed by atoms with Crippen LogP contribution in [0.3, 0.4) is 0 Å². The van der Waals surface area contributed by atoms with Gasteiger partial charge < -0.3 is 10.2 Å². The molecule has 2 N–H and O–H groups in total. The number of rotatable bonds is 7. The normalized spacial score (nSPS) is 12.3. The maximum absolute atomic E-state index is 11.5. The number of carbonyl (C=O) groups is 2. The van der Waals surface area contributed by atoms with Crippen LogP contribution in [0.1, 0.15) is 35.4 Å². The molecular weight excluding hydrogens is 228 g/mol. The van der Waals surface area contributed by atoms with Crippen molar-refractivity contribution < 1.29 is 19.8 Å². The lowest BCUT2D eigenvalue weighted by molar-refractivity contribution is -0.139. The van der Waals surface area contributed by atoms with E-state index >= 15 is 0 Å². The molecule has 0 spiro atoms. The number of thiophene rings is 1. The Morgan fingerprint density at radius 3 is 2.75 bits per heavy atom. The van der Waals surface area contributed by atoms with Crippen LogP contribution >= 0.6 is 11.3 Å². The number of ketones is 1. The highest BCUT2D eigenvalue weighted by atomic mass is 32.1. The zero-order valence-corrected chi connectivity index (χ0v) is 9.57. The Morgan fingerprint density at radius 1 is 1.44 bits per heavy atom. The molecule has 4 nitrogen and oxygen atoms in total. The average molecular weight is 242 g/mol. The Bertz CT molecular complexity index is 345. The second kappa shape index (κ2) is 6.40. The van der Waals surface area contributed by atoms with Crippen molar-refractivity contribution in [3.05, 3.63) is 22.4 Å². The minimum atomic E-state index is -1.02. The number of aliphatic carboxylic acids is 1. The number of aliphatic hydroxyl groups is 1. The Kier molecular flexibility index (Phi) is 5.14. The SMILES string of the molecule is O=C(O)CC(O)CCCC(=O)c1cccs1. The first kappa shape index (κ1) is 12.9. The molecule has 1 atom stereocenters. The van der Waals surface area contributed by atoms with Gasteiger partial charge in [0.1, 0.15) is 0 Å². The van der Waals surface area contributed by atoms with Gasteiger partial charge in [0.25, 0.3) is 0 Å². The fourth-order valence-electron chi connectivity index (χ4n) is 1.36. The molecular formula is C11H14O4S. The van der Waals surface area contributed by atoms with Crippen LogP contribution in [0, 0.1) is 0 Å². The van der Waals surface area contributed by atoms with Crippen molar-refractivity contribution in [2.75, 3.05) is 0 Å². The smallest absolute Gasteiger partial charge is 0.305 e. The third kappa shape index (κ3) is 4.55. The molecule has 88 valence electrons. The Balaban J connectivity index is 2.21. The Hall–Kier alpha value is -1.20. The lowest BCUT2D eigenvalue weighted by Crippen LogP contribution is -2.13. The molecule has 1 unspecified atom stereocenters. The summed E-state index contributed by atoms with van der Waals surface area (Å²) in [6.07, 6.45) is 0.118. The van der Waals surface area contributed by atoms with Crippen molar-refractivity contribution in [3.8, 4) is 0 Å². The molecule has 0 amide bonds. The topological polar surface area (TPSA) is 74.6 Å². The van der Waals surface area contributed by atoms with E-state index in [-0.39, 0.29) is 12.2 Å². The van der Waals surface area contributed by atoms with Crippen LogP contribution in [0.2, 0.25) is 0 Å². The van der Waals surface area contributed by atoms with Gasteiger partial charge in [-0.25, -0.2) is 0 Å². The van der Waals surface area contributed by atoms with Gasteiger partial charge in [0.2, 0.25) is 0 Å². The van der Waals surface area contributed by atoms with Crippen molar-refractivity contribution in [3.63, 3.8) is 0 Å². The molecule has 0 aliphatic carbocycles. The maximum atomic E-state index is 11.5. The first-order valence-electron chi connectivity index (χ1n) is 5.06. The molecule has 0 saturated carbocycles. The van der Waals surface area contributed by atoms with E-state index in [0.717, 1.165) is 0 Å². The van der Waals surface area contributed by atoms with Crippen LogP contribution in [0.5, 0.6) is 0 Å². The molecule has 16 heavy (non-hydrogen) atoms. The Labute approximate surface area is 97.5 Å². The molecule has 0 radical (unpaired) electrons. The summed E-state index contributed by atoms with van der Waals surface area (Å²) in [4.78, 5) is 22.5. The van der Waals surface area contributed by atoms with Crippen LogP contribution in [0.15, 0.2) is 17.5 Å². The number of Topliss-reactive ketones (excluding diaryl/α,β-unsaturated/α-hetero) is 1. The fourth-order valence-corrected chi connectivity index (χ4v) is 2.06. The van der Waals surface area contributed by atoms with Crippen LogP contribution in [0.25, 0.3) is 0 Å². The quantitative estimate of drug-likeness (QED) is 0.716. The van der Waals surface area contributed by atoms with E-state index in [1.807, 2.05) is 11.4 Å². The molecule has 0 fully saturated rings. The molecule has 1 rings (SSSR count). The third-order valence-corrected chi connectivity index (χ3v) is 3.06. The number of carbonyl (C=O) groups excluding carboxylic acids is 1. The summed E-state index contributed by atoms with van der Waals surface area (Å²) in [6.45, 7) is 0. The van der Waals surface area contributed by atoms with E-state index in [9.17, 15) is 14.7 Å². The van der Waals surface area contributed by atoms with Crippen molar-refractivity contribution in [1.29, 1.82) is 0 Å². The van der Waals surface area contributed by atoms with Gasteiger partial charge >= 0.3 is 5.97 Å². The van der Waals surface area contributed by atoms with E-state index in [4.69, 9.17) is 5.11 Å². The standard InChI is InChI=1S/C11H14O4S/c12-8(7-11(14)15)3-1-4-9(13)10-5-2-6-16-10/h2,5-6,8,12H,1,3-4,7H2,(H,14,15). The minimum Gasteiger partial charge on any atom is -0.481 e. The molecule has 0 aliphatic rings. The molecule has 1 heterocycles. The minimum absolute atomic E-state index is 0.0533. The second-order valence-corrected chi connectivity index (χ2v) is 4.49. The number of hydrogen-bond donors (Lipinski definition) is 2. The van der Waals surface area contributed by atoms with E-state index in [2.05, 4.69) is 0 Å². The first-order valence-corrected chi connectivity index (χ1v) is 5.94. The van der Waals surface area contributed by atoms with Gasteiger partial charge in [0.05, 0.1) is 17.4 Å². The number of hydrogen-bond acceptors (Lipinski definition) is 4. The predicted molar refractivity (Wildman–Crippen MR) is 60.8 cm³/mol. The molecule has 0 saturated heterocycles. The van der Waals surface area contributed by atoms with Gasteiger partial charge in [-0.3, -0.25) is 9.59 Å². The van der Waals surface area contributed by atoms with Gasteiger partial charge in [0, 0.05) is 6.42 Å². The zero-order chi connectivity index (χ0) is 12.0. The summed E-state index contributed by atoms with van der Waals surface area (Å²) in [5, 5.41) is 19.5. The van der Waals surface area contributed by atoms with Crippen molar-refractivity contribution in [1.82, 2.24) is 0 Å². The highest BCUT2D eigenvalue weighted by Gasteiger charge is 2.11. The van der Waals surface area contributed by atoms with E-state index in [1.165, 1.54) is 11.3 Å². The van der Waals surface area contributed by atoms with Crippen LogP contribution in [-0.2, 0) is 4.79 Å². The zero-order valence-electron chi connectivity index (χ0n) is 8.76. The third-order valence-electron chi connectivity index (χ3n) is 2.15. The number of carboxylic acid groups (broad SMARTS) is 1. The van der Waals surface area contributed by atoms with Gasteiger partial charge in [-0.05, 0) is 24.3 Å². The summed E-state index contributed by atoms with van der Waals surface area (Å²) in [5.41, 5.74) is 0. The van der Waals surface area contributed by atoms with Crippen molar-refractivity contribution >= 4 is 23.1 Å². The first-order chi connectivity index (χ1) is 7.59. The van der Waals surface area contributed by atoms with Crippen LogP contribution in [-0.4, -0.2) is 28.1 Å². The largest absolute Gasteiger partial charge is 0.481 e. The van der Waals surface area contributed by atoms with Gasteiger partial charge in [-0.1, -0.05) is 6.07 Å². The predicted octanol–water partition coefficient (Wildman–Crippen LogP) is 1.94. The lowest BCUT2D eigenvalue weighted by atomic mass is 10.1. The highest BCUT2D eigenvalue weighted by molar-refractivity contribution is 7.12. The number of aliphatic hydroxyl groups excluding tert-OH is 1. The summed E-state index contributed by atoms with van der Waals surface area (Å²) in [5.74, 6) is -0.963. The van der Waals surface area contributed by atoms with Crippen LogP contribution in [0.4, 0.5) is 0 Å². The molecule has 0 bridgehead atoms. The van der Waals surface area contributed by atoms with Crippen LogP contribution < -0.4 is 0 Å². The maximum Gasteiger partial charge on any atom is 0.305 e. The van der Waals surface area contributed by atoms with Crippen molar-refractivity contribution in [2.24, 2.45) is 0 Å². The molecule has 0 aromatic carbocycles. The van der Waals surface area contributed by atoms with Gasteiger partial charge in [-0.2, -0.15) is 0 Å². The van der Waals surface area contributed by atoms with Crippen molar-refractivity contribution in [2.45, 2.75) is 31.8 Å². The lowest BCUT2D eigenvalue weighted by Gasteiger charge is -2.06. The van der Waals surface area contributed by atoms with E-state index in [1.54, 1.807) is 6.07 Å². The number of carboxylic acids is 1.